The van der Waals surface area contributed by atoms with Gasteiger partial charge in [-0.15, -0.1) is 0 Å². The van der Waals surface area contributed by atoms with E-state index in [0.717, 1.165) is 16.7 Å². The highest BCUT2D eigenvalue weighted by Gasteiger charge is 2.27. The summed E-state index contributed by atoms with van der Waals surface area (Å²) >= 11 is 0. The van der Waals surface area contributed by atoms with Crippen LogP contribution in [0, 0.1) is 0 Å². The van der Waals surface area contributed by atoms with Crippen LogP contribution < -0.4 is 16.5 Å². The zero-order chi connectivity index (χ0) is 19.1. The molecule has 0 fully saturated rings. The van der Waals surface area contributed by atoms with Gasteiger partial charge in [-0.05, 0) is 30.0 Å². The number of aliphatic hydroxyl groups is 1. The highest BCUT2D eigenvalue weighted by atomic mass is 16.5. The van der Waals surface area contributed by atoms with Crippen molar-refractivity contribution in [2.45, 2.75) is 39.0 Å². The van der Waals surface area contributed by atoms with Crippen molar-refractivity contribution in [3.8, 4) is 11.1 Å². The molecule has 7 nitrogen and oxygen atoms in total. The smallest absolute Gasteiger partial charge is 0.268 e. The molecule has 2 aromatic rings. The van der Waals surface area contributed by atoms with E-state index in [4.69, 9.17) is 10.9 Å². The van der Waals surface area contributed by atoms with Gasteiger partial charge in [0.15, 0.2) is 0 Å². The Morgan fingerprint density at radius 2 is 1.56 bits per heavy atom. The molecule has 2 amide bonds. The normalized spacial score (nSPS) is 13.6. The van der Waals surface area contributed by atoms with Gasteiger partial charge in [0.1, 0.15) is 6.04 Å². The highest BCUT2D eigenvalue weighted by molar-refractivity contribution is 5.89. The third-order valence-electron chi connectivity index (χ3n) is 4.03. The predicted molar refractivity (Wildman–Crippen MR) is 104 cm³/mol. The molecule has 0 aliphatic carbocycles. The van der Waals surface area contributed by atoms with Crippen molar-refractivity contribution in [3.05, 3.63) is 60.2 Å². The fraction of sp³-hybridized carbons (Fsp3) is 0.300. The number of carbonyl (C=O) groups excluding carboxylic acids is 2. The van der Waals surface area contributed by atoms with Crippen LogP contribution in [0.4, 0.5) is 0 Å². The van der Waals surface area contributed by atoms with E-state index in [9.17, 15) is 14.7 Å². The van der Waals surface area contributed by atoms with E-state index in [1.807, 2.05) is 54.6 Å². The molecule has 7 heteroatoms. The number of hydroxylamine groups is 1. The van der Waals surface area contributed by atoms with Crippen molar-refractivity contribution in [1.29, 1.82) is 0 Å². The van der Waals surface area contributed by atoms with Crippen LogP contribution >= 0.6 is 0 Å². The summed E-state index contributed by atoms with van der Waals surface area (Å²) in [7, 11) is 0. The summed E-state index contributed by atoms with van der Waals surface area (Å²) in [6.45, 7) is 1.33. The predicted octanol–water partition coefficient (Wildman–Crippen LogP) is 1.23. The minimum Gasteiger partial charge on any atom is -0.391 e. The summed E-state index contributed by atoms with van der Waals surface area (Å²) in [6, 6.07) is 15.4. The quantitative estimate of drug-likeness (QED) is 0.369. The minimum atomic E-state index is -1.28. The monoisotopic (exact) mass is 373 g/mol. The van der Waals surface area contributed by atoms with Crippen LogP contribution in [0.3, 0.4) is 0 Å². The van der Waals surface area contributed by atoms with Crippen molar-refractivity contribution < 1.29 is 19.9 Å². The van der Waals surface area contributed by atoms with Gasteiger partial charge in [-0.3, -0.25) is 14.8 Å². The lowest BCUT2D eigenvalue weighted by atomic mass is 10.0. The lowest BCUT2D eigenvalue weighted by Gasteiger charge is -2.21. The molecule has 2 rings (SSSR count). The number of benzene rings is 2. The molecule has 0 bridgehead atoms. The Hall–Kier alpha value is -2.74. The molecule has 0 aliphatic rings. The van der Waals surface area contributed by atoms with Gasteiger partial charge in [0.05, 0.1) is 12.1 Å². The number of hydrogen-bond donors (Lipinski definition) is 5. The molecule has 0 radical (unpaired) electrons. The Morgan fingerprint density at radius 3 is 2.07 bits per heavy atom. The fourth-order valence-electron chi connectivity index (χ4n) is 2.55. The molecule has 0 saturated carbocycles. The number of aliphatic hydroxyl groups excluding tert-OH is 1. The van der Waals surface area contributed by atoms with Gasteiger partial charge in [0.25, 0.3) is 5.91 Å². The van der Waals surface area contributed by atoms with Crippen molar-refractivity contribution in [3.63, 3.8) is 0 Å². The molecule has 6 N–H and O–H groups in total. The lowest BCUT2D eigenvalue weighted by molar-refractivity contribution is -0.137. The van der Waals surface area contributed by atoms with Crippen molar-refractivity contribution in [1.82, 2.24) is 10.8 Å². The van der Waals surface area contributed by atoms with Crippen LogP contribution in [0.15, 0.2) is 54.6 Å². The zero-order valence-electron chi connectivity index (χ0n) is 14.4. The molecule has 27 heavy (non-hydrogen) atoms. The van der Waals surface area contributed by atoms with Gasteiger partial charge in [0.2, 0.25) is 5.91 Å². The van der Waals surface area contributed by atoms with Crippen molar-refractivity contribution in [2.24, 2.45) is 5.73 Å². The lowest BCUT2D eigenvalue weighted by Crippen LogP contribution is -2.55. The topological polar surface area (TPSA) is 125 Å². The van der Waals surface area contributed by atoms with E-state index < -0.39 is 30.0 Å². The third kappa shape index (κ3) is 6.18. The summed E-state index contributed by atoms with van der Waals surface area (Å²) < 4.78 is 0. The Bertz CT molecular complexity index is 733. The van der Waals surface area contributed by atoms with Crippen LogP contribution in [-0.4, -0.2) is 40.3 Å². The molecule has 3 atom stereocenters. The molecule has 0 aromatic heterocycles. The van der Waals surface area contributed by atoms with E-state index in [1.165, 1.54) is 12.4 Å². The van der Waals surface area contributed by atoms with Crippen molar-refractivity contribution in [2.75, 3.05) is 0 Å². The maximum atomic E-state index is 12.2. The first-order valence-electron chi connectivity index (χ1n) is 8.24. The van der Waals surface area contributed by atoms with E-state index in [0.29, 0.717) is 0 Å². The standard InChI is InChI=1S/C19H23N3O4.CH4/c1-12(23)17(19(25)22-26)21-18(24)16(20)11-13-7-9-15(10-8-13)14-5-3-2-4-6-14;/h2-10,12,16-17,23,26H,11,20H2,1H3,(H,21,24)(H,22,25);1H4/t12-,16+,17+;/m1./s1. The van der Waals surface area contributed by atoms with E-state index in [-0.39, 0.29) is 13.8 Å². The van der Waals surface area contributed by atoms with Gasteiger partial charge >= 0.3 is 0 Å². The van der Waals surface area contributed by atoms with Crippen LogP contribution in [0.5, 0.6) is 0 Å². The average molecular weight is 373 g/mol. The second-order valence-electron chi connectivity index (χ2n) is 6.08. The molecule has 0 saturated heterocycles. The highest BCUT2D eigenvalue weighted by Crippen LogP contribution is 2.19. The van der Waals surface area contributed by atoms with Gasteiger partial charge in [-0.25, -0.2) is 5.48 Å². The Labute approximate surface area is 159 Å². The Balaban J connectivity index is 0.00000364. The van der Waals surface area contributed by atoms with E-state index >= 15 is 0 Å². The molecule has 0 heterocycles. The average Bonchev–Trinajstić information content (AvgIpc) is 2.66. The largest absolute Gasteiger partial charge is 0.391 e. The Kier molecular flexibility index (Phi) is 8.61. The summed E-state index contributed by atoms with van der Waals surface area (Å²) in [5.41, 5.74) is 10.3. The number of rotatable bonds is 7. The first kappa shape index (κ1) is 22.3. The third-order valence-corrected chi connectivity index (χ3v) is 4.03. The molecule has 146 valence electrons. The van der Waals surface area contributed by atoms with Gasteiger partial charge < -0.3 is 16.2 Å². The van der Waals surface area contributed by atoms with Crippen LogP contribution in [0.2, 0.25) is 0 Å². The van der Waals surface area contributed by atoms with E-state index in [2.05, 4.69) is 5.32 Å². The fourth-order valence-corrected chi connectivity index (χ4v) is 2.55. The number of amides is 2. The number of carbonyl (C=O) groups is 2. The second-order valence-corrected chi connectivity index (χ2v) is 6.08. The van der Waals surface area contributed by atoms with Gasteiger partial charge in [0, 0.05) is 0 Å². The summed E-state index contributed by atoms with van der Waals surface area (Å²) in [4.78, 5) is 23.6. The molecule has 0 spiro atoms. The molecule has 0 unspecified atom stereocenters. The van der Waals surface area contributed by atoms with Crippen LogP contribution in [0.1, 0.15) is 19.9 Å². The summed E-state index contributed by atoms with van der Waals surface area (Å²) in [6.07, 6.45) is -0.905. The summed E-state index contributed by atoms with van der Waals surface area (Å²) in [5, 5.41) is 20.6. The Morgan fingerprint density at radius 1 is 1.00 bits per heavy atom. The van der Waals surface area contributed by atoms with Crippen LogP contribution in [-0.2, 0) is 16.0 Å². The van der Waals surface area contributed by atoms with Gasteiger partial charge in [-0.1, -0.05) is 62.0 Å². The molecule has 0 aliphatic heterocycles. The molecular formula is C20H27N3O4. The maximum absolute atomic E-state index is 12.2. The molecular weight excluding hydrogens is 346 g/mol. The SMILES string of the molecule is C.C[C@@H](O)[C@H](NC(=O)[C@@H](N)Cc1ccc(-c2ccccc2)cc1)C(=O)NO. The number of nitrogens with two attached hydrogens (primary N) is 1. The van der Waals surface area contributed by atoms with Gasteiger partial charge in [-0.2, -0.15) is 0 Å². The first-order valence-corrected chi connectivity index (χ1v) is 8.24. The number of nitrogens with one attached hydrogen (secondary N) is 2. The maximum Gasteiger partial charge on any atom is 0.268 e. The minimum absolute atomic E-state index is 0. The summed E-state index contributed by atoms with van der Waals surface area (Å²) in [5.74, 6) is -1.50. The first-order chi connectivity index (χ1) is 12.4. The van der Waals surface area contributed by atoms with Crippen molar-refractivity contribution >= 4 is 11.8 Å². The zero-order valence-corrected chi connectivity index (χ0v) is 14.4. The van der Waals surface area contributed by atoms with Crippen LogP contribution in [0.25, 0.3) is 11.1 Å². The van der Waals surface area contributed by atoms with E-state index in [1.54, 1.807) is 0 Å². The second kappa shape index (κ2) is 10.4. The number of hydrogen-bond acceptors (Lipinski definition) is 5. The molecule has 2 aromatic carbocycles.